The first-order valence-corrected chi connectivity index (χ1v) is 5.49. The molecule has 0 atom stereocenters. The minimum atomic E-state index is 0.108. The monoisotopic (exact) mass is 224 g/mol. The van der Waals surface area contributed by atoms with Crippen molar-refractivity contribution in [3.05, 3.63) is 18.0 Å². The Labute approximate surface area is 96.5 Å². The molecule has 0 saturated heterocycles. The van der Waals surface area contributed by atoms with Crippen molar-refractivity contribution in [2.75, 3.05) is 25.1 Å². The number of hydrogen-bond donors (Lipinski definition) is 2. The molecule has 16 heavy (non-hydrogen) atoms. The number of hydrogen-bond acceptors (Lipinski definition) is 5. The van der Waals surface area contributed by atoms with Crippen LogP contribution in [0.4, 0.5) is 5.95 Å². The van der Waals surface area contributed by atoms with Crippen molar-refractivity contribution in [3.8, 4) is 0 Å². The molecule has 2 N–H and O–H groups in total. The van der Waals surface area contributed by atoms with Gasteiger partial charge in [0.1, 0.15) is 0 Å². The van der Waals surface area contributed by atoms with Crippen molar-refractivity contribution >= 4 is 5.95 Å². The van der Waals surface area contributed by atoms with E-state index < -0.39 is 0 Å². The minimum Gasteiger partial charge on any atom is -0.395 e. The maximum Gasteiger partial charge on any atom is 0.225 e. The van der Waals surface area contributed by atoms with Crippen LogP contribution in [0.2, 0.25) is 0 Å². The smallest absolute Gasteiger partial charge is 0.225 e. The summed E-state index contributed by atoms with van der Waals surface area (Å²) in [5.74, 6) is 0.641. The Kier molecular flexibility index (Phi) is 5.14. The van der Waals surface area contributed by atoms with Crippen LogP contribution in [-0.4, -0.2) is 41.3 Å². The molecular weight excluding hydrogens is 204 g/mol. The third-order valence-corrected chi connectivity index (χ3v) is 2.18. The maximum atomic E-state index is 8.79. The molecule has 1 heterocycles. The third kappa shape index (κ3) is 4.12. The van der Waals surface area contributed by atoms with Gasteiger partial charge in [0.2, 0.25) is 5.95 Å². The molecule has 0 amide bonds. The summed E-state index contributed by atoms with van der Waals surface area (Å²) >= 11 is 0. The first-order chi connectivity index (χ1) is 7.63. The van der Waals surface area contributed by atoms with Crippen molar-refractivity contribution in [2.24, 2.45) is 0 Å². The van der Waals surface area contributed by atoms with Crippen LogP contribution in [-0.2, 0) is 6.54 Å². The van der Waals surface area contributed by atoms with Crippen LogP contribution in [0.1, 0.15) is 19.4 Å². The molecule has 0 aliphatic heterocycles. The van der Waals surface area contributed by atoms with Gasteiger partial charge in [-0.3, -0.25) is 0 Å². The van der Waals surface area contributed by atoms with E-state index >= 15 is 0 Å². The van der Waals surface area contributed by atoms with Crippen LogP contribution < -0.4 is 10.2 Å². The Bertz CT molecular complexity index is 299. The molecule has 0 spiro atoms. The van der Waals surface area contributed by atoms with E-state index in [1.165, 1.54) is 0 Å². The van der Waals surface area contributed by atoms with Gasteiger partial charge in [0.05, 0.1) is 6.61 Å². The second kappa shape index (κ2) is 6.40. The van der Waals surface area contributed by atoms with E-state index in [2.05, 4.69) is 29.1 Å². The van der Waals surface area contributed by atoms with E-state index in [1.54, 1.807) is 0 Å². The van der Waals surface area contributed by atoms with Crippen molar-refractivity contribution in [2.45, 2.75) is 26.4 Å². The summed E-state index contributed by atoms with van der Waals surface area (Å²) in [6.07, 6.45) is 3.62. The lowest BCUT2D eigenvalue weighted by Gasteiger charge is -2.15. The summed E-state index contributed by atoms with van der Waals surface area (Å²) in [5.41, 5.74) is 1.06. The molecule has 1 rings (SSSR count). The number of nitrogens with zero attached hydrogens (tertiary/aromatic N) is 3. The second-order valence-electron chi connectivity index (χ2n) is 4.07. The Morgan fingerprint density at radius 3 is 2.50 bits per heavy atom. The zero-order chi connectivity index (χ0) is 12.0. The molecule has 0 aliphatic rings. The third-order valence-electron chi connectivity index (χ3n) is 2.18. The molecule has 0 bridgehead atoms. The van der Waals surface area contributed by atoms with E-state index in [4.69, 9.17) is 5.11 Å². The fraction of sp³-hybridized carbons (Fsp3) is 0.636. The molecule has 5 nitrogen and oxygen atoms in total. The lowest BCUT2D eigenvalue weighted by atomic mass is 10.3. The Morgan fingerprint density at radius 2 is 2.00 bits per heavy atom. The summed E-state index contributed by atoms with van der Waals surface area (Å²) in [5, 5.41) is 12.1. The fourth-order valence-electron chi connectivity index (χ4n) is 1.21. The molecule has 0 saturated carbocycles. The van der Waals surface area contributed by atoms with E-state index in [0.29, 0.717) is 18.5 Å². The summed E-state index contributed by atoms with van der Waals surface area (Å²) in [6.45, 7) is 5.64. The molecule has 0 radical (unpaired) electrons. The van der Waals surface area contributed by atoms with Crippen LogP contribution in [0.3, 0.4) is 0 Å². The van der Waals surface area contributed by atoms with Gasteiger partial charge < -0.3 is 15.3 Å². The number of nitrogens with one attached hydrogen (secondary N) is 1. The lowest BCUT2D eigenvalue weighted by Crippen LogP contribution is -2.24. The Balaban J connectivity index is 2.53. The normalized spacial score (nSPS) is 10.8. The van der Waals surface area contributed by atoms with Crippen molar-refractivity contribution in [3.63, 3.8) is 0 Å². The number of aliphatic hydroxyl groups is 1. The van der Waals surface area contributed by atoms with Gasteiger partial charge >= 0.3 is 0 Å². The average molecular weight is 224 g/mol. The predicted molar refractivity (Wildman–Crippen MR) is 64.4 cm³/mol. The van der Waals surface area contributed by atoms with Gasteiger partial charge in [-0.05, 0) is 0 Å². The topological polar surface area (TPSA) is 61.3 Å². The fourth-order valence-corrected chi connectivity index (χ4v) is 1.21. The van der Waals surface area contributed by atoms with Gasteiger partial charge in [-0.2, -0.15) is 0 Å². The van der Waals surface area contributed by atoms with Gasteiger partial charge in [-0.1, -0.05) is 13.8 Å². The lowest BCUT2D eigenvalue weighted by molar-refractivity contribution is 0.303. The zero-order valence-corrected chi connectivity index (χ0v) is 10.1. The predicted octanol–water partition coefficient (Wildman–Crippen LogP) is 0.403. The highest BCUT2D eigenvalue weighted by Crippen LogP contribution is 2.04. The molecule has 0 aliphatic carbocycles. The number of anilines is 1. The molecule has 1 aromatic rings. The first-order valence-electron chi connectivity index (χ1n) is 5.49. The molecule has 0 fully saturated rings. The van der Waals surface area contributed by atoms with Gasteiger partial charge in [0.15, 0.2) is 0 Å². The summed E-state index contributed by atoms with van der Waals surface area (Å²) in [4.78, 5) is 10.3. The Hall–Kier alpha value is -1.20. The van der Waals surface area contributed by atoms with Crippen LogP contribution in [0.25, 0.3) is 0 Å². The quantitative estimate of drug-likeness (QED) is 0.732. The second-order valence-corrected chi connectivity index (χ2v) is 4.07. The first kappa shape index (κ1) is 12.9. The zero-order valence-electron chi connectivity index (χ0n) is 10.1. The van der Waals surface area contributed by atoms with Gasteiger partial charge in [-0.25, -0.2) is 9.97 Å². The molecule has 5 heteroatoms. The van der Waals surface area contributed by atoms with Gasteiger partial charge in [0, 0.05) is 44.1 Å². The maximum absolute atomic E-state index is 8.79. The summed E-state index contributed by atoms with van der Waals surface area (Å²) < 4.78 is 0. The average Bonchev–Trinajstić information content (AvgIpc) is 2.27. The van der Waals surface area contributed by atoms with Crippen molar-refractivity contribution in [1.82, 2.24) is 15.3 Å². The number of likely N-dealkylation sites (N-methyl/N-ethyl adjacent to an activating group) is 1. The summed E-state index contributed by atoms with van der Waals surface area (Å²) in [7, 11) is 1.86. The number of aromatic nitrogens is 2. The van der Waals surface area contributed by atoms with Gasteiger partial charge in [0.25, 0.3) is 0 Å². The SMILES string of the molecule is CC(C)NCc1cnc(N(C)CCO)nc1. The molecule has 1 aromatic heterocycles. The molecule has 90 valence electrons. The van der Waals surface area contributed by atoms with E-state index in [9.17, 15) is 0 Å². The van der Waals surface area contributed by atoms with Crippen LogP contribution in [0, 0.1) is 0 Å². The van der Waals surface area contributed by atoms with E-state index in [0.717, 1.165) is 12.1 Å². The van der Waals surface area contributed by atoms with E-state index in [-0.39, 0.29) is 6.61 Å². The number of aliphatic hydroxyl groups excluding tert-OH is 1. The van der Waals surface area contributed by atoms with Gasteiger partial charge in [-0.15, -0.1) is 0 Å². The summed E-state index contributed by atoms with van der Waals surface area (Å²) in [6, 6.07) is 0.455. The van der Waals surface area contributed by atoms with Crippen LogP contribution in [0.5, 0.6) is 0 Å². The largest absolute Gasteiger partial charge is 0.395 e. The van der Waals surface area contributed by atoms with Crippen LogP contribution in [0.15, 0.2) is 12.4 Å². The molecule has 0 aromatic carbocycles. The highest BCUT2D eigenvalue weighted by atomic mass is 16.3. The standard InChI is InChI=1S/C11H20N4O/c1-9(2)12-6-10-7-13-11(14-8-10)15(3)4-5-16/h7-9,12,16H,4-6H2,1-3H3. The van der Waals surface area contributed by atoms with Crippen LogP contribution >= 0.6 is 0 Å². The van der Waals surface area contributed by atoms with Crippen molar-refractivity contribution in [1.29, 1.82) is 0 Å². The highest BCUT2D eigenvalue weighted by Gasteiger charge is 2.03. The Morgan fingerprint density at radius 1 is 1.38 bits per heavy atom. The highest BCUT2D eigenvalue weighted by molar-refractivity contribution is 5.28. The molecular formula is C11H20N4O. The molecule has 0 unspecified atom stereocenters. The van der Waals surface area contributed by atoms with Crippen molar-refractivity contribution < 1.29 is 5.11 Å². The number of rotatable bonds is 6. The van der Waals surface area contributed by atoms with E-state index in [1.807, 2.05) is 24.3 Å². The minimum absolute atomic E-state index is 0.108.